The van der Waals surface area contributed by atoms with Crippen molar-refractivity contribution in [3.8, 4) is 11.5 Å². The number of aryl methyl sites for hydroxylation is 1. The van der Waals surface area contributed by atoms with Crippen molar-refractivity contribution >= 4 is 11.7 Å². The number of nitrogens with zero attached hydrogens (tertiary/aromatic N) is 1. The summed E-state index contributed by atoms with van der Waals surface area (Å²) in [6.45, 7) is 4.89. The van der Waals surface area contributed by atoms with Gasteiger partial charge in [0.2, 0.25) is 0 Å². The van der Waals surface area contributed by atoms with Crippen LogP contribution >= 0.6 is 0 Å². The third-order valence-corrected chi connectivity index (χ3v) is 4.31. The average molecular weight is 420 g/mol. The number of nitrogens with one attached hydrogen (secondary N) is 1. The molecule has 0 radical (unpaired) electrons. The first-order valence-electron chi connectivity index (χ1n) is 9.56. The van der Waals surface area contributed by atoms with Gasteiger partial charge in [-0.3, -0.25) is 14.6 Å². The van der Waals surface area contributed by atoms with Crippen molar-refractivity contribution in [1.29, 1.82) is 0 Å². The summed E-state index contributed by atoms with van der Waals surface area (Å²) in [4.78, 5) is 28.9. The van der Waals surface area contributed by atoms with Crippen LogP contribution in [-0.2, 0) is 17.8 Å². The van der Waals surface area contributed by atoms with Gasteiger partial charge in [-0.1, -0.05) is 19.9 Å². The van der Waals surface area contributed by atoms with Gasteiger partial charge in [0.25, 0.3) is 12.3 Å². The van der Waals surface area contributed by atoms with E-state index in [9.17, 15) is 18.4 Å². The quantitative estimate of drug-likeness (QED) is 0.634. The Morgan fingerprint density at radius 1 is 1.13 bits per heavy atom. The first kappa shape index (κ1) is 23.3. The number of alkyl halides is 2. The molecule has 1 N–H and O–H groups in total. The van der Waals surface area contributed by atoms with Gasteiger partial charge in [0, 0.05) is 35.8 Å². The third kappa shape index (κ3) is 6.79. The van der Waals surface area contributed by atoms with Crippen LogP contribution in [0.2, 0.25) is 0 Å². The van der Waals surface area contributed by atoms with Crippen LogP contribution in [0.15, 0.2) is 30.3 Å². The van der Waals surface area contributed by atoms with E-state index in [-0.39, 0.29) is 36.3 Å². The number of methoxy groups -OCH3 is 1. The Bertz CT molecular complexity index is 901. The monoisotopic (exact) mass is 420 g/mol. The van der Waals surface area contributed by atoms with Crippen molar-refractivity contribution in [2.24, 2.45) is 5.92 Å². The fourth-order valence-corrected chi connectivity index (χ4v) is 2.72. The lowest BCUT2D eigenvalue weighted by molar-refractivity contribution is -0.121. The second-order valence-corrected chi connectivity index (χ2v) is 7.16. The Morgan fingerprint density at radius 2 is 1.87 bits per heavy atom. The summed E-state index contributed by atoms with van der Waals surface area (Å²) in [7, 11) is 1.41. The van der Waals surface area contributed by atoms with E-state index in [4.69, 9.17) is 9.47 Å². The fraction of sp³-hybridized carbons (Fsp3) is 0.409. The maximum absolute atomic E-state index is 12.6. The van der Waals surface area contributed by atoms with Crippen LogP contribution in [0.1, 0.15) is 41.2 Å². The molecule has 0 unspecified atom stereocenters. The molecule has 0 bridgehead atoms. The van der Waals surface area contributed by atoms with Crippen LogP contribution in [0, 0.1) is 12.8 Å². The smallest absolute Gasteiger partial charge is 0.272 e. The van der Waals surface area contributed by atoms with Crippen LogP contribution < -0.4 is 14.8 Å². The Balaban J connectivity index is 2.06. The van der Waals surface area contributed by atoms with Gasteiger partial charge in [-0.15, -0.1) is 0 Å². The number of hydrogen-bond acceptors (Lipinski definition) is 5. The van der Waals surface area contributed by atoms with Crippen molar-refractivity contribution in [3.05, 3.63) is 52.8 Å². The van der Waals surface area contributed by atoms with Gasteiger partial charge >= 0.3 is 0 Å². The van der Waals surface area contributed by atoms with Crippen molar-refractivity contribution in [3.63, 3.8) is 0 Å². The number of rotatable bonds is 10. The van der Waals surface area contributed by atoms with E-state index in [2.05, 4.69) is 10.3 Å². The molecule has 1 heterocycles. The van der Waals surface area contributed by atoms with Crippen LogP contribution in [-0.4, -0.2) is 36.8 Å². The highest BCUT2D eigenvalue weighted by Crippen LogP contribution is 2.28. The number of carbonyl (C=O) groups is 2. The van der Waals surface area contributed by atoms with Crippen LogP contribution in [0.5, 0.6) is 11.5 Å². The summed E-state index contributed by atoms with van der Waals surface area (Å²) in [6, 6.07) is 8.07. The van der Waals surface area contributed by atoms with E-state index in [1.54, 1.807) is 31.2 Å². The standard InChI is InChI=1S/C22H26F2N2O4/c1-13(2)18(27)10-17-9-16(7-14(3)26-17)22(28)25-11-15-5-6-19(20(8-15)29-4)30-12-21(23)24/h5-9,13,21H,10-12H2,1-4H3,(H,25,28). The van der Waals surface area contributed by atoms with Gasteiger partial charge in [0.1, 0.15) is 12.4 Å². The minimum atomic E-state index is -2.58. The number of pyridine rings is 1. The number of hydrogen-bond donors (Lipinski definition) is 1. The van der Waals surface area contributed by atoms with Crippen molar-refractivity contribution in [2.75, 3.05) is 13.7 Å². The molecular formula is C22H26F2N2O4. The lowest BCUT2D eigenvalue weighted by Crippen LogP contribution is -2.23. The van der Waals surface area contributed by atoms with E-state index in [0.29, 0.717) is 28.3 Å². The molecule has 2 rings (SSSR count). The number of ether oxygens (including phenoxy) is 2. The Morgan fingerprint density at radius 3 is 2.50 bits per heavy atom. The normalized spacial score (nSPS) is 10.9. The second-order valence-electron chi connectivity index (χ2n) is 7.16. The SMILES string of the molecule is COc1cc(CNC(=O)c2cc(C)nc(CC(=O)C(C)C)c2)ccc1OCC(F)F. The second kappa shape index (κ2) is 10.7. The summed E-state index contributed by atoms with van der Waals surface area (Å²) < 4.78 is 34.9. The largest absolute Gasteiger partial charge is 0.493 e. The van der Waals surface area contributed by atoms with Crippen molar-refractivity contribution in [2.45, 2.75) is 40.2 Å². The summed E-state index contributed by atoms with van der Waals surface area (Å²) >= 11 is 0. The number of ketones is 1. The number of halogens is 2. The van der Waals surface area contributed by atoms with E-state index in [1.807, 2.05) is 13.8 Å². The molecule has 6 nitrogen and oxygen atoms in total. The highest BCUT2D eigenvalue weighted by molar-refractivity contribution is 5.94. The van der Waals surface area contributed by atoms with Gasteiger partial charge in [-0.2, -0.15) is 0 Å². The summed E-state index contributed by atoms with van der Waals surface area (Å²) in [5.41, 5.74) is 2.33. The molecule has 0 aliphatic carbocycles. The number of aromatic nitrogens is 1. The van der Waals surface area contributed by atoms with Gasteiger partial charge in [0.05, 0.1) is 7.11 Å². The summed E-state index contributed by atoms with van der Waals surface area (Å²) in [5.74, 6) is 0.150. The first-order valence-corrected chi connectivity index (χ1v) is 9.56. The molecule has 0 fully saturated rings. The molecule has 0 aliphatic heterocycles. The minimum absolute atomic E-state index is 0.0562. The molecule has 30 heavy (non-hydrogen) atoms. The van der Waals surface area contributed by atoms with E-state index < -0.39 is 13.0 Å². The zero-order valence-corrected chi connectivity index (χ0v) is 17.5. The molecule has 1 amide bonds. The molecule has 0 aliphatic rings. The minimum Gasteiger partial charge on any atom is -0.493 e. The molecule has 0 atom stereocenters. The molecule has 0 saturated heterocycles. The van der Waals surface area contributed by atoms with Gasteiger partial charge in [-0.05, 0) is 36.8 Å². The van der Waals surface area contributed by atoms with E-state index in [1.165, 1.54) is 13.2 Å². The van der Waals surface area contributed by atoms with Gasteiger partial charge in [0.15, 0.2) is 11.5 Å². The Hall–Kier alpha value is -3.03. The zero-order chi connectivity index (χ0) is 22.3. The topological polar surface area (TPSA) is 77.5 Å². The molecule has 2 aromatic rings. The molecular weight excluding hydrogens is 394 g/mol. The number of amides is 1. The zero-order valence-electron chi connectivity index (χ0n) is 17.5. The van der Waals surface area contributed by atoms with Crippen LogP contribution in [0.3, 0.4) is 0 Å². The first-order chi connectivity index (χ1) is 14.2. The highest BCUT2D eigenvalue weighted by Gasteiger charge is 2.14. The van der Waals surface area contributed by atoms with Crippen LogP contribution in [0.4, 0.5) is 8.78 Å². The highest BCUT2D eigenvalue weighted by atomic mass is 19.3. The third-order valence-electron chi connectivity index (χ3n) is 4.31. The van der Waals surface area contributed by atoms with Gasteiger partial charge < -0.3 is 14.8 Å². The van der Waals surface area contributed by atoms with Crippen LogP contribution in [0.25, 0.3) is 0 Å². The molecule has 162 valence electrons. The Labute approximate surface area is 174 Å². The summed E-state index contributed by atoms with van der Waals surface area (Å²) in [5, 5.41) is 2.80. The molecule has 1 aromatic carbocycles. The predicted molar refractivity (Wildman–Crippen MR) is 108 cm³/mol. The number of carbonyl (C=O) groups excluding carboxylic acids is 2. The van der Waals surface area contributed by atoms with Gasteiger partial charge in [-0.25, -0.2) is 8.78 Å². The number of Topliss-reactive ketones (excluding diaryl/α,β-unsaturated/α-hetero) is 1. The van der Waals surface area contributed by atoms with E-state index >= 15 is 0 Å². The lowest BCUT2D eigenvalue weighted by atomic mass is 10.0. The average Bonchev–Trinajstić information content (AvgIpc) is 2.69. The van der Waals surface area contributed by atoms with E-state index in [0.717, 1.165) is 0 Å². The molecule has 0 saturated carbocycles. The number of benzene rings is 1. The Kier molecular flexibility index (Phi) is 8.26. The molecule has 1 aromatic heterocycles. The fourth-order valence-electron chi connectivity index (χ4n) is 2.72. The predicted octanol–water partition coefficient (Wildman–Crippen LogP) is 3.74. The van der Waals surface area contributed by atoms with Crippen molar-refractivity contribution in [1.82, 2.24) is 10.3 Å². The molecule has 0 spiro atoms. The maximum Gasteiger partial charge on any atom is 0.272 e. The molecule has 8 heteroatoms. The maximum atomic E-state index is 12.6. The summed E-state index contributed by atoms with van der Waals surface area (Å²) in [6.07, 6.45) is -2.41. The van der Waals surface area contributed by atoms with Crippen molar-refractivity contribution < 1.29 is 27.8 Å². The lowest BCUT2D eigenvalue weighted by Gasteiger charge is -2.13.